The number of benzene rings is 2. The Balaban J connectivity index is 2.13. The SMILES string of the molecule is C[C@H](NC(=O)OCc1ccccc1)C(O)c1cc(C(F)(F)F)cc(C(F)(F)F)c1. The van der Waals surface area contributed by atoms with Gasteiger partial charge < -0.3 is 15.2 Å². The number of aliphatic hydroxyl groups excluding tert-OH is 1. The number of alkyl carbamates (subject to hydrolysis) is 1. The number of rotatable bonds is 5. The Bertz CT molecular complexity index is 804. The maximum atomic E-state index is 12.9. The number of carbonyl (C=O) groups is 1. The Morgan fingerprint density at radius 1 is 1.00 bits per heavy atom. The summed E-state index contributed by atoms with van der Waals surface area (Å²) in [6.07, 6.45) is -12.9. The molecule has 0 aliphatic heterocycles. The molecule has 29 heavy (non-hydrogen) atoms. The molecular weight excluding hydrogens is 404 g/mol. The summed E-state index contributed by atoms with van der Waals surface area (Å²) in [4.78, 5) is 11.8. The standard InChI is InChI=1S/C19H17F6NO3/c1-11(26-17(28)29-10-12-5-3-2-4-6-12)16(27)13-7-14(18(20,21)22)9-15(8-13)19(23,24)25/h2-9,11,16,27H,10H2,1H3,(H,26,28)/t11-,16?/m0/s1. The Hall–Kier alpha value is -2.75. The normalized spacial score (nSPS) is 14.2. The minimum absolute atomic E-state index is 0.0392. The fourth-order valence-electron chi connectivity index (χ4n) is 2.47. The molecule has 1 amide bonds. The summed E-state index contributed by atoms with van der Waals surface area (Å²) < 4.78 is 82.5. The van der Waals surface area contributed by atoms with E-state index in [-0.39, 0.29) is 12.7 Å². The molecule has 10 heteroatoms. The van der Waals surface area contributed by atoms with Crippen LogP contribution in [0.25, 0.3) is 0 Å². The first-order valence-corrected chi connectivity index (χ1v) is 8.32. The van der Waals surface area contributed by atoms with Gasteiger partial charge in [0.05, 0.1) is 23.3 Å². The molecule has 4 nitrogen and oxygen atoms in total. The Labute approximate surface area is 162 Å². The van der Waals surface area contributed by atoms with Gasteiger partial charge in [0, 0.05) is 0 Å². The predicted molar refractivity (Wildman–Crippen MR) is 90.6 cm³/mol. The van der Waals surface area contributed by atoms with Crippen LogP contribution in [0.3, 0.4) is 0 Å². The maximum Gasteiger partial charge on any atom is 0.416 e. The molecule has 2 rings (SSSR count). The Kier molecular flexibility index (Phi) is 6.78. The first kappa shape index (κ1) is 22.5. The number of amides is 1. The average molecular weight is 421 g/mol. The van der Waals surface area contributed by atoms with Crippen molar-refractivity contribution in [2.45, 2.75) is 38.0 Å². The highest BCUT2D eigenvalue weighted by molar-refractivity contribution is 5.67. The Morgan fingerprint density at radius 3 is 2.00 bits per heavy atom. The molecule has 0 radical (unpaired) electrons. The third kappa shape index (κ3) is 6.38. The molecule has 2 atom stereocenters. The van der Waals surface area contributed by atoms with Crippen LogP contribution in [-0.4, -0.2) is 17.2 Å². The lowest BCUT2D eigenvalue weighted by molar-refractivity contribution is -0.143. The first-order valence-electron chi connectivity index (χ1n) is 8.32. The number of halogens is 6. The van der Waals surface area contributed by atoms with Crippen molar-refractivity contribution in [3.05, 3.63) is 70.8 Å². The summed E-state index contributed by atoms with van der Waals surface area (Å²) >= 11 is 0. The molecule has 0 saturated heterocycles. The molecule has 0 spiro atoms. The third-order valence-electron chi connectivity index (χ3n) is 3.98. The van der Waals surface area contributed by atoms with E-state index in [0.29, 0.717) is 17.7 Å². The summed E-state index contributed by atoms with van der Waals surface area (Å²) in [6, 6.07) is 8.13. The van der Waals surface area contributed by atoms with Gasteiger partial charge in [-0.05, 0) is 36.2 Å². The van der Waals surface area contributed by atoms with Gasteiger partial charge in [-0.25, -0.2) is 4.79 Å². The molecule has 2 aromatic carbocycles. The number of hydrogen-bond donors (Lipinski definition) is 2. The van der Waals surface area contributed by atoms with Crippen molar-refractivity contribution in [1.82, 2.24) is 5.32 Å². The molecule has 0 aromatic heterocycles. The van der Waals surface area contributed by atoms with Gasteiger partial charge in [0.15, 0.2) is 0 Å². The fraction of sp³-hybridized carbons (Fsp3) is 0.316. The minimum atomic E-state index is -5.04. The van der Waals surface area contributed by atoms with Gasteiger partial charge in [0.2, 0.25) is 0 Å². The Morgan fingerprint density at radius 2 is 1.52 bits per heavy atom. The van der Waals surface area contributed by atoms with E-state index in [1.165, 1.54) is 6.92 Å². The van der Waals surface area contributed by atoms with Crippen LogP contribution in [0.1, 0.15) is 35.3 Å². The van der Waals surface area contributed by atoms with E-state index in [4.69, 9.17) is 4.74 Å². The van der Waals surface area contributed by atoms with Crippen molar-refractivity contribution in [2.75, 3.05) is 0 Å². The van der Waals surface area contributed by atoms with Crippen molar-refractivity contribution in [2.24, 2.45) is 0 Å². The van der Waals surface area contributed by atoms with Crippen LogP contribution in [0.5, 0.6) is 0 Å². The zero-order valence-electron chi connectivity index (χ0n) is 15.0. The van der Waals surface area contributed by atoms with Gasteiger partial charge in [-0.3, -0.25) is 0 Å². The van der Waals surface area contributed by atoms with E-state index in [1.54, 1.807) is 30.3 Å². The van der Waals surface area contributed by atoms with Crippen molar-refractivity contribution in [1.29, 1.82) is 0 Å². The van der Waals surface area contributed by atoms with Crippen molar-refractivity contribution >= 4 is 6.09 Å². The molecule has 1 unspecified atom stereocenters. The van der Waals surface area contributed by atoms with Crippen LogP contribution in [0.4, 0.5) is 31.1 Å². The van der Waals surface area contributed by atoms with Crippen LogP contribution >= 0.6 is 0 Å². The number of aliphatic hydroxyl groups is 1. The molecule has 0 saturated carbocycles. The van der Waals surface area contributed by atoms with Crippen LogP contribution in [0.15, 0.2) is 48.5 Å². The average Bonchev–Trinajstić information content (AvgIpc) is 2.64. The number of nitrogens with one attached hydrogen (secondary N) is 1. The molecule has 0 aliphatic carbocycles. The lowest BCUT2D eigenvalue weighted by Crippen LogP contribution is -2.37. The molecule has 0 aliphatic rings. The largest absolute Gasteiger partial charge is 0.445 e. The van der Waals surface area contributed by atoms with E-state index in [2.05, 4.69) is 5.32 Å². The summed E-state index contributed by atoms with van der Waals surface area (Å²) in [5.41, 5.74) is -3.08. The van der Waals surface area contributed by atoms with Crippen molar-refractivity contribution in [3.8, 4) is 0 Å². The lowest BCUT2D eigenvalue weighted by Gasteiger charge is -2.22. The number of carbonyl (C=O) groups excluding carboxylic acids is 1. The topological polar surface area (TPSA) is 58.6 Å². The monoisotopic (exact) mass is 421 g/mol. The van der Waals surface area contributed by atoms with E-state index in [0.717, 1.165) is 0 Å². The number of ether oxygens (including phenoxy) is 1. The van der Waals surface area contributed by atoms with Gasteiger partial charge in [-0.2, -0.15) is 26.3 Å². The molecule has 2 aromatic rings. The van der Waals surface area contributed by atoms with Gasteiger partial charge >= 0.3 is 18.4 Å². The highest BCUT2D eigenvalue weighted by Gasteiger charge is 2.38. The van der Waals surface area contributed by atoms with Crippen LogP contribution in [0.2, 0.25) is 0 Å². The third-order valence-corrected chi connectivity index (χ3v) is 3.98. The van der Waals surface area contributed by atoms with Crippen LogP contribution < -0.4 is 5.32 Å². The number of alkyl halides is 6. The van der Waals surface area contributed by atoms with Crippen molar-refractivity contribution < 1.29 is 41.0 Å². The lowest BCUT2D eigenvalue weighted by atomic mass is 9.97. The quantitative estimate of drug-likeness (QED) is 0.663. The molecule has 0 heterocycles. The minimum Gasteiger partial charge on any atom is -0.445 e. The molecule has 0 bridgehead atoms. The maximum absolute atomic E-state index is 12.9. The fourth-order valence-corrected chi connectivity index (χ4v) is 2.47. The summed E-state index contributed by atoms with van der Waals surface area (Å²) in [7, 11) is 0. The highest BCUT2D eigenvalue weighted by Crippen LogP contribution is 2.37. The van der Waals surface area contributed by atoms with E-state index >= 15 is 0 Å². The zero-order valence-corrected chi connectivity index (χ0v) is 15.0. The molecule has 0 fully saturated rings. The van der Waals surface area contributed by atoms with Gasteiger partial charge in [0.25, 0.3) is 0 Å². The molecule has 2 N–H and O–H groups in total. The second-order valence-electron chi connectivity index (χ2n) is 6.28. The van der Waals surface area contributed by atoms with Crippen molar-refractivity contribution in [3.63, 3.8) is 0 Å². The van der Waals surface area contributed by atoms with E-state index in [1.807, 2.05) is 0 Å². The van der Waals surface area contributed by atoms with Crippen LogP contribution in [0, 0.1) is 0 Å². The van der Waals surface area contributed by atoms with Crippen LogP contribution in [-0.2, 0) is 23.7 Å². The van der Waals surface area contributed by atoms with Gasteiger partial charge in [-0.1, -0.05) is 30.3 Å². The predicted octanol–water partition coefficient (Wildman–Crippen LogP) is 5.07. The smallest absolute Gasteiger partial charge is 0.416 e. The molecule has 158 valence electrons. The zero-order chi connectivity index (χ0) is 21.8. The second-order valence-corrected chi connectivity index (χ2v) is 6.28. The van der Waals surface area contributed by atoms with Gasteiger partial charge in [-0.15, -0.1) is 0 Å². The number of hydrogen-bond acceptors (Lipinski definition) is 3. The second kappa shape index (κ2) is 8.73. The summed E-state index contributed by atoms with van der Waals surface area (Å²) in [5, 5.41) is 12.4. The first-order chi connectivity index (χ1) is 13.4. The van der Waals surface area contributed by atoms with Gasteiger partial charge in [0.1, 0.15) is 6.61 Å². The summed E-state index contributed by atoms with van der Waals surface area (Å²) in [5.74, 6) is 0. The summed E-state index contributed by atoms with van der Waals surface area (Å²) in [6.45, 7) is 1.12. The van der Waals surface area contributed by atoms with E-state index in [9.17, 15) is 36.2 Å². The molecular formula is C19H17F6NO3. The highest BCUT2D eigenvalue weighted by atomic mass is 19.4. The van der Waals surface area contributed by atoms with E-state index < -0.39 is 47.3 Å².